The fraction of sp³-hybridized carbons (Fsp3) is 0.0750. The minimum atomic E-state index is -0.619. The van der Waals surface area contributed by atoms with Crippen LogP contribution in [0, 0.1) is 0 Å². The topological polar surface area (TPSA) is 68.4 Å². The van der Waals surface area contributed by atoms with E-state index in [0.29, 0.717) is 32.8 Å². The second-order valence-corrected chi connectivity index (χ2v) is 12.7. The average molecular weight is 631 g/mol. The lowest BCUT2D eigenvalue weighted by Gasteiger charge is -2.25. The fourth-order valence-electron chi connectivity index (χ4n) is 6.56. The Balaban J connectivity index is 1.25. The molecule has 0 bridgehead atoms. The largest absolute Gasteiger partial charge is 0.342 e. The third-order valence-electron chi connectivity index (χ3n) is 8.74. The first-order valence-corrected chi connectivity index (χ1v) is 16.4. The Labute approximate surface area is 274 Å². The van der Waals surface area contributed by atoms with E-state index in [-0.39, 0.29) is 11.5 Å². The van der Waals surface area contributed by atoms with E-state index in [0.717, 1.165) is 22.0 Å². The quantitative estimate of drug-likeness (QED) is 0.214. The molecule has 1 aliphatic heterocycles. The number of thiazole rings is 1. The first-order valence-electron chi connectivity index (χ1n) is 15.5. The zero-order valence-electron chi connectivity index (χ0n) is 25.6. The molecule has 0 aliphatic carbocycles. The maximum absolute atomic E-state index is 14.3. The van der Waals surface area contributed by atoms with Crippen LogP contribution in [0.4, 0.5) is 5.69 Å². The van der Waals surface area contributed by atoms with Gasteiger partial charge < -0.3 is 9.88 Å². The number of para-hydroxylation sites is 2. The van der Waals surface area contributed by atoms with Crippen LogP contribution in [0.3, 0.4) is 0 Å². The molecule has 7 heteroatoms. The molecule has 2 aromatic heterocycles. The van der Waals surface area contributed by atoms with Crippen LogP contribution < -0.4 is 20.2 Å². The Morgan fingerprint density at radius 1 is 0.830 bits per heavy atom. The maximum Gasteiger partial charge on any atom is 0.271 e. The van der Waals surface area contributed by atoms with Crippen molar-refractivity contribution in [3.8, 4) is 0 Å². The summed E-state index contributed by atoms with van der Waals surface area (Å²) in [4.78, 5) is 33.5. The second kappa shape index (κ2) is 11.9. The average Bonchev–Trinajstić information content (AvgIpc) is 3.60. The molecule has 0 radical (unpaired) electrons. The summed E-state index contributed by atoms with van der Waals surface area (Å²) in [6.07, 6.45) is 4.10. The number of anilines is 1. The third-order valence-corrected chi connectivity index (χ3v) is 9.72. The summed E-state index contributed by atoms with van der Waals surface area (Å²) in [6.45, 7) is 2.54. The molecule has 0 fully saturated rings. The number of hydrogen-bond acceptors (Lipinski definition) is 4. The van der Waals surface area contributed by atoms with E-state index in [9.17, 15) is 9.59 Å². The molecule has 0 spiro atoms. The van der Waals surface area contributed by atoms with Crippen molar-refractivity contribution in [1.82, 2.24) is 9.13 Å². The van der Waals surface area contributed by atoms with E-state index in [4.69, 9.17) is 4.99 Å². The summed E-state index contributed by atoms with van der Waals surface area (Å²) in [5.74, 6) is -0.280. The van der Waals surface area contributed by atoms with Crippen LogP contribution in [0.15, 0.2) is 155 Å². The van der Waals surface area contributed by atoms with Crippen LogP contribution in [0.25, 0.3) is 27.8 Å². The van der Waals surface area contributed by atoms with Gasteiger partial charge in [-0.25, -0.2) is 4.99 Å². The van der Waals surface area contributed by atoms with Crippen LogP contribution in [-0.2, 0) is 11.3 Å². The lowest BCUT2D eigenvalue weighted by atomic mass is 9.95. The monoisotopic (exact) mass is 630 g/mol. The van der Waals surface area contributed by atoms with E-state index < -0.39 is 6.04 Å². The molecule has 6 nitrogen and oxygen atoms in total. The Morgan fingerprint density at radius 3 is 2.32 bits per heavy atom. The zero-order valence-corrected chi connectivity index (χ0v) is 26.4. The lowest BCUT2D eigenvalue weighted by molar-refractivity contribution is -0.113. The van der Waals surface area contributed by atoms with E-state index in [1.165, 1.54) is 27.7 Å². The molecular weight excluding hydrogens is 601 g/mol. The van der Waals surface area contributed by atoms with Crippen molar-refractivity contribution < 1.29 is 4.79 Å². The highest BCUT2D eigenvalue weighted by Gasteiger charge is 2.32. The summed E-state index contributed by atoms with van der Waals surface area (Å²) < 4.78 is 4.49. The molecule has 228 valence electrons. The number of rotatable bonds is 6. The Hall–Kier alpha value is -5.79. The van der Waals surface area contributed by atoms with Gasteiger partial charge in [0.2, 0.25) is 0 Å². The highest BCUT2D eigenvalue weighted by atomic mass is 32.1. The molecule has 7 aromatic rings. The van der Waals surface area contributed by atoms with Crippen LogP contribution in [0.1, 0.15) is 29.7 Å². The summed E-state index contributed by atoms with van der Waals surface area (Å²) in [6, 6.07) is 41.6. The Bertz CT molecular complexity index is 2520. The van der Waals surface area contributed by atoms with Crippen molar-refractivity contribution in [3.05, 3.63) is 181 Å². The minimum Gasteiger partial charge on any atom is -0.342 e. The molecule has 1 atom stereocenters. The molecule has 1 N–H and O–H groups in total. The maximum atomic E-state index is 14.3. The van der Waals surface area contributed by atoms with E-state index in [1.54, 1.807) is 4.57 Å². The molecule has 1 amide bonds. The summed E-state index contributed by atoms with van der Waals surface area (Å²) in [7, 11) is 0. The van der Waals surface area contributed by atoms with Crippen molar-refractivity contribution in [1.29, 1.82) is 0 Å². The van der Waals surface area contributed by atoms with Crippen LogP contribution in [0.2, 0.25) is 0 Å². The van der Waals surface area contributed by atoms with Gasteiger partial charge >= 0.3 is 0 Å². The molecule has 1 unspecified atom stereocenters. The van der Waals surface area contributed by atoms with E-state index >= 15 is 0 Å². The summed E-state index contributed by atoms with van der Waals surface area (Å²) in [5.41, 5.74) is 5.68. The Morgan fingerprint density at radius 2 is 1.51 bits per heavy atom. The molecular formula is C40H30N4O2S. The zero-order chi connectivity index (χ0) is 31.9. The van der Waals surface area contributed by atoms with Crippen molar-refractivity contribution >= 4 is 50.7 Å². The van der Waals surface area contributed by atoms with Gasteiger partial charge in [-0.3, -0.25) is 14.2 Å². The van der Waals surface area contributed by atoms with Crippen LogP contribution in [-0.4, -0.2) is 15.0 Å². The predicted molar refractivity (Wildman–Crippen MR) is 190 cm³/mol. The van der Waals surface area contributed by atoms with E-state index in [2.05, 4.69) is 70.7 Å². The van der Waals surface area contributed by atoms with Gasteiger partial charge in [0, 0.05) is 34.9 Å². The summed E-state index contributed by atoms with van der Waals surface area (Å²) in [5, 5.41) is 6.52. The van der Waals surface area contributed by atoms with Gasteiger partial charge in [0.15, 0.2) is 4.80 Å². The van der Waals surface area contributed by atoms with Crippen LogP contribution >= 0.6 is 11.3 Å². The minimum absolute atomic E-state index is 0.175. The number of carbonyl (C=O) groups excluding carboxylic acids is 1. The first-order chi connectivity index (χ1) is 23.0. The Kier molecular flexibility index (Phi) is 7.23. The number of fused-ring (bicyclic) bond motifs is 3. The summed E-state index contributed by atoms with van der Waals surface area (Å²) >= 11 is 1.35. The van der Waals surface area contributed by atoms with Crippen molar-refractivity contribution in [2.45, 2.75) is 19.5 Å². The number of allylic oxidation sites excluding steroid dienone is 1. The molecule has 8 rings (SSSR count). The molecule has 47 heavy (non-hydrogen) atoms. The first kappa shape index (κ1) is 28.7. The van der Waals surface area contributed by atoms with E-state index in [1.807, 2.05) is 85.8 Å². The molecule has 5 aromatic carbocycles. The molecule has 0 saturated heterocycles. The van der Waals surface area contributed by atoms with Crippen molar-refractivity contribution in [2.24, 2.45) is 4.99 Å². The van der Waals surface area contributed by atoms with Crippen LogP contribution in [0.5, 0.6) is 0 Å². The third kappa shape index (κ3) is 5.20. The van der Waals surface area contributed by atoms with Gasteiger partial charge in [-0.15, -0.1) is 0 Å². The van der Waals surface area contributed by atoms with Gasteiger partial charge in [0.25, 0.3) is 11.5 Å². The molecule has 3 heterocycles. The number of benzene rings is 5. The predicted octanol–water partition coefficient (Wildman–Crippen LogP) is 7.03. The number of nitrogens with zero attached hydrogens (tertiary/aromatic N) is 3. The normalized spacial score (nSPS) is 14.7. The molecule has 1 aliphatic rings. The number of amides is 1. The van der Waals surface area contributed by atoms with Crippen molar-refractivity contribution in [3.63, 3.8) is 0 Å². The van der Waals surface area contributed by atoms with Gasteiger partial charge in [0.1, 0.15) is 0 Å². The van der Waals surface area contributed by atoms with Gasteiger partial charge in [-0.1, -0.05) is 121 Å². The lowest BCUT2D eigenvalue weighted by Crippen LogP contribution is -2.40. The smallest absolute Gasteiger partial charge is 0.271 e. The standard InChI is InChI=1S/C40H30N4O2S/c1-26-36(38(45)42-31-18-6-3-7-19-31)37(28-14-4-2-5-15-28)44-39(46)35(47-40(44)41-26)23-30-25-43(34-22-11-10-21-33(30)34)24-29-17-12-16-27-13-8-9-20-32(27)29/h2-23,25,37H,24H2,1H3,(H,42,45)/b35-23-. The number of aromatic nitrogens is 2. The number of carbonyl (C=O) groups is 1. The highest BCUT2D eigenvalue weighted by Crippen LogP contribution is 2.31. The number of nitrogens with one attached hydrogen (secondary N) is 1. The van der Waals surface area contributed by atoms with Gasteiger partial charge in [0.05, 0.1) is 21.8 Å². The fourth-order valence-corrected chi connectivity index (χ4v) is 7.60. The SMILES string of the molecule is CC1=C(C(=O)Nc2ccccc2)C(c2ccccc2)n2c(s/c(=C\c3cn(Cc4cccc5ccccc45)c4ccccc34)c2=O)=N1. The number of hydrogen-bond donors (Lipinski definition) is 1. The molecule has 0 saturated carbocycles. The van der Waals surface area contributed by atoms with Gasteiger partial charge in [-0.05, 0) is 53.1 Å². The highest BCUT2D eigenvalue weighted by molar-refractivity contribution is 7.07. The van der Waals surface area contributed by atoms with Crippen molar-refractivity contribution in [2.75, 3.05) is 5.32 Å². The second-order valence-electron chi connectivity index (χ2n) is 11.7. The van der Waals surface area contributed by atoms with Gasteiger partial charge in [-0.2, -0.15) is 0 Å².